The smallest absolute Gasteiger partial charge is 0.0716 e. The van der Waals surface area contributed by atoms with Crippen molar-refractivity contribution in [2.45, 2.75) is 104 Å². The van der Waals surface area contributed by atoms with Gasteiger partial charge in [-0.3, -0.25) is 0 Å². The maximum atomic E-state index is 4.01. The molecule has 0 aromatic carbocycles. The number of rotatable bonds is 8. The molecule has 1 N–H and O–H groups in total. The summed E-state index contributed by atoms with van der Waals surface area (Å²) in [5.41, 5.74) is 7.00. The van der Waals surface area contributed by atoms with E-state index in [0.29, 0.717) is 0 Å². The van der Waals surface area contributed by atoms with E-state index in [1.54, 1.807) is 5.57 Å². The van der Waals surface area contributed by atoms with Gasteiger partial charge in [-0.25, -0.2) is 0 Å². The average Bonchev–Trinajstić information content (AvgIpc) is 2.87. The Morgan fingerprint density at radius 1 is 1.00 bits per heavy atom. The van der Waals surface area contributed by atoms with Crippen molar-refractivity contribution in [2.75, 3.05) is 6.17 Å². The molecule has 130 valence electrons. The molecule has 0 spiro atoms. The van der Waals surface area contributed by atoms with Crippen LogP contribution in [0.1, 0.15) is 81.1 Å². The number of hydrogen-bond acceptors (Lipinski definition) is 1. The van der Waals surface area contributed by atoms with Crippen molar-refractivity contribution in [1.82, 2.24) is 5.32 Å². The molecule has 1 aliphatic rings. The van der Waals surface area contributed by atoms with Gasteiger partial charge in [0, 0.05) is 6.04 Å². The lowest BCUT2D eigenvalue weighted by molar-refractivity contribution is 0.567. The molecule has 0 heterocycles. The Kier molecular flexibility index (Phi) is 8.11. The second-order valence-electron chi connectivity index (χ2n) is 8.70. The van der Waals surface area contributed by atoms with Crippen LogP contribution in [0, 0.1) is 0 Å². The minimum Gasteiger partial charge on any atom is -0.317 e. The highest BCUT2D eigenvalue weighted by atomic mass is 29.2. The molecule has 1 rings (SSSR count). The standard InChI is InChI=1S/C19H41NSi2/c1-15(2)13-21(14-20-19-11-9-10-12-19)22(16(3)4,17(5)6)18(7)8/h13,16-21H,9-12,14H2,1-8H3. The summed E-state index contributed by atoms with van der Waals surface area (Å²) in [4.78, 5) is 0. The van der Waals surface area contributed by atoms with Crippen molar-refractivity contribution in [1.29, 1.82) is 0 Å². The predicted octanol–water partition coefficient (Wildman–Crippen LogP) is 5.55. The molecule has 0 aromatic rings. The topological polar surface area (TPSA) is 12.0 Å². The van der Waals surface area contributed by atoms with E-state index in [9.17, 15) is 0 Å². The van der Waals surface area contributed by atoms with Crippen LogP contribution >= 0.6 is 0 Å². The summed E-state index contributed by atoms with van der Waals surface area (Å²) in [6, 6.07) is 0.818. The van der Waals surface area contributed by atoms with E-state index in [1.807, 2.05) is 0 Å². The average molecular weight is 340 g/mol. The Hall–Kier alpha value is 0.134. The summed E-state index contributed by atoms with van der Waals surface area (Å²) >= 11 is 0. The van der Waals surface area contributed by atoms with Gasteiger partial charge in [-0.2, -0.15) is 0 Å². The summed E-state index contributed by atoms with van der Waals surface area (Å²) in [6.07, 6.45) is 7.04. The maximum absolute atomic E-state index is 4.01. The molecule has 0 bridgehead atoms. The molecule has 0 amide bonds. The fourth-order valence-electron chi connectivity index (χ4n) is 5.49. The fraction of sp³-hybridized carbons (Fsp3) is 0.895. The Bertz CT molecular complexity index is 329. The first-order valence-electron chi connectivity index (χ1n) is 9.61. The summed E-state index contributed by atoms with van der Waals surface area (Å²) in [6.45, 7) is 19.8. The Balaban J connectivity index is 3.05. The first-order valence-corrected chi connectivity index (χ1v) is 15.1. The zero-order valence-corrected chi connectivity index (χ0v) is 18.7. The van der Waals surface area contributed by atoms with E-state index in [1.165, 1.54) is 31.9 Å². The molecule has 0 saturated heterocycles. The van der Waals surface area contributed by atoms with Gasteiger partial charge < -0.3 is 5.32 Å². The van der Waals surface area contributed by atoms with Crippen LogP contribution in [0.15, 0.2) is 11.3 Å². The van der Waals surface area contributed by atoms with Crippen LogP contribution in [0.4, 0.5) is 0 Å². The van der Waals surface area contributed by atoms with Gasteiger partial charge in [0.1, 0.15) is 0 Å². The second-order valence-corrected chi connectivity index (χ2v) is 21.3. The van der Waals surface area contributed by atoms with Gasteiger partial charge in [-0.05, 0) is 32.9 Å². The largest absolute Gasteiger partial charge is 0.317 e. The van der Waals surface area contributed by atoms with Crippen molar-refractivity contribution in [3.8, 4) is 0 Å². The summed E-state index contributed by atoms with van der Waals surface area (Å²) in [5, 5.41) is 4.01. The van der Waals surface area contributed by atoms with Crippen molar-refractivity contribution in [3.05, 3.63) is 11.3 Å². The minimum absolute atomic E-state index is 0.818. The molecular formula is C19H41NSi2. The molecule has 1 atom stereocenters. The lowest BCUT2D eigenvalue weighted by atomic mass is 10.3. The third-order valence-corrected chi connectivity index (χ3v) is 26.2. The monoisotopic (exact) mass is 339 g/mol. The molecule has 0 aliphatic heterocycles. The van der Waals surface area contributed by atoms with Crippen LogP contribution < -0.4 is 5.32 Å². The van der Waals surface area contributed by atoms with Crippen LogP contribution in [0.3, 0.4) is 0 Å². The third kappa shape index (κ3) is 4.58. The van der Waals surface area contributed by atoms with Crippen molar-refractivity contribution in [2.24, 2.45) is 0 Å². The number of allylic oxidation sites excluding steroid dienone is 1. The van der Waals surface area contributed by atoms with E-state index >= 15 is 0 Å². The molecule has 3 heteroatoms. The van der Waals surface area contributed by atoms with Gasteiger partial charge in [-0.15, -0.1) is 5.70 Å². The van der Waals surface area contributed by atoms with Gasteiger partial charge in [0.25, 0.3) is 0 Å². The quantitative estimate of drug-likeness (QED) is 0.572. The van der Waals surface area contributed by atoms with Crippen molar-refractivity contribution < 1.29 is 0 Å². The molecule has 22 heavy (non-hydrogen) atoms. The lowest BCUT2D eigenvalue weighted by Gasteiger charge is -2.48. The zero-order chi connectivity index (χ0) is 16.9. The molecule has 1 nitrogen and oxygen atoms in total. The predicted molar refractivity (Wildman–Crippen MR) is 108 cm³/mol. The number of hydrogen-bond donors (Lipinski definition) is 1. The minimum atomic E-state index is -1.29. The molecule has 1 fully saturated rings. The Morgan fingerprint density at radius 2 is 1.45 bits per heavy atom. The van der Waals surface area contributed by atoms with E-state index in [4.69, 9.17) is 0 Å². The van der Waals surface area contributed by atoms with Crippen LogP contribution in [0.5, 0.6) is 0 Å². The zero-order valence-electron chi connectivity index (χ0n) is 16.5. The van der Waals surface area contributed by atoms with Gasteiger partial charge in [0.05, 0.1) is 15.9 Å². The van der Waals surface area contributed by atoms with Crippen LogP contribution in [0.2, 0.25) is 16.6 Å². The Labute approximate surface area is 142 Å². The Morgan fingerprint density at radius 3 is 1.82 bits per heavy atom. The molecule has 1 aliphatic carbocycles. The van der Waals surface area contributed by atoms with Gasteiger partial charge in [0.2, 0.25) is 0 Å². The van der Waals surface area contributed by atoms with Crippen molar-refractivity contribution >= 4 is 15.9 Å². The molecular weight excluding hydrogens is 298 g/mol. The molecule has 1 unspecified atom stereocenters. The SMILES string of the molecule is CC(C)=C[SiH](CNC1CCCC1)[Si](C(C)C)(C(C)C)C(C)C. The number of nitrogens with one attached hydrogen (secondary N) is 1. The highest BCUT2D eigenvalue weighted by Gasteiger charge is 2.48. The second kappa shape index (κ2) is 8.84. The van der Waals surface area contributed by atoms with E-state index < -0.39 is 15.9 Å². The summed E-state index contributed by atoms with van der Waals surface area (Å²) < 4.78 is 0. The van der Waals surface area contributed by atoms with Gasteiger partial charge in [0.15, 0.2) is 0 Å². The molecule has 1 saturated carbocycles. The highest BCUT2D eigenvalue weighted by molar-refractivity contribution is 7.36. The first kappa shape index (κ1) is 20.2. The van der Waals surface area contributed by atoms with Crippen LogP contribution in [-0.4, -0.2) is 28.1 Å². The van der Waals surface area contributed by atoms with Crippen LogP contribution in [-0.2, 0) is 0 Å². The van der Waals surface area contributed by atoms with Crippen molar-refractivity contribution in [3.63, 3.8) is 0 Å². The van der Waals surface area contributed by atoms with Gasteiger partial charge in [-0.1, -0.05) is 76.6 Å². The normalized spacial score (nSPS) is 18.5. The molecule has 0 radical (unpaired) electrons. The lowest BCUT2D eigenvalue weighted by Crippen LogP contribution is -2.62. The van der Waals surface area contributed by atoms with Crippen LogP contribution in [0.25, 0.3) is 0 Å². The van der Waals surface area contributed by atoms with E-state index in [-0.39, 0.29) is 0 Å². The highest BCUT2D eigenvalue weighted by Crippen LogP contribution is 2.43. The van der Waals surface area contributed by atoms with Gasteiger partial charge >= 0.3 is 0 Å². The summed E-state index contributed by atoms with van der Waals surface area (Å²) in [5.74, 6) is 0. The van der Waals surface area contributed by atoms with E-state index in [2.05, 4.69) is 66.4 Å². The third-order valence-electron chi connectivity index (χ3n) is 6.16. The molecule has 0 aromatic heterocycles. The summed E-state index contributed by atoms with van der Waals surface area (Å²) in [7, 11) is -2.20. The first-order chi connectivity index (χ1) is 10.2. The maximum Gasteiger partial charge on any atom is 0.0716 e. The fourth-order valence-corrected chi connectivity index (χ4v) is 25.2. The van der Waals surface area contributed by atoms with E-state index in [0.717, 1.165) is 22.7 Å².